The van der Waals surface area contributed by atoms with Crippen LogP contribution in [0.2, 0.25) is 0 Å². The van der Waals surface area contributed by atoms with Gasteiger partial charge in [-0.1, -0.05) is 29.8 Å². The molecule has 6 heteroatoms. The summed E-state index contributed by atoms with van der Waals surface area (Å²) in [7, 11) is 1.30. The standard InChI is InChI=1S/C13H15Br2NO3/c1-7(2)11(13(18)19-3)16-12(17)9-6-8(14)4-5-10(9)15/h4-7,11H,1-3H3,(H,16,17)/t11-/m0/s1. The quantitative estimate of drug-likeness (QED) is 0.800. The molecule has 0 saturated heterocycles. The third-order valence-corrected chi connectivity index (χ3v) is 3.77. The molecule has 0 saturated carbocycles. The van der Waals surface area contributed by atoms with E-state index in [1.165, 1.54) is 7.11 Å². The number of methoxy groups -OCH3 is 1. The Kier molecular flexibility index (Phi) is 6.00. The summed E-state index contributed by atoms with van der Waals surface area (Å²) in [5, 5.41) is 2.69. The second-order valence-corrected chi connectivity index (χ2v) is 6.11. The first kappa shape index (κ1) is 16.2. The highest BCUT2D eigenvalue weighted by Gasteiger charge is 2.26. The van der Waals surface area contributed by atoms with E-state index in [9.17, 15) is 9.59 Å². The van der Waals surface area contributed by atoms with Crippen LogP contribution in [0.4, 0.5) is 0 Å². The van der Waals surface area contributed by atoms with Gasteiger partial charge in [-0.2, -0.15) is 0 Å². The first-order valence-corrected chi connectivity index (χ1v) is 7.29. The van der Waals surface area contributed by atoms with Crippen molar-refractivity contribution in [2.45, 2.75) is 19.9 Å². The van der Waals surface area contributed by atoms with Crippen LogP contribution in [-0.2, 0) is 9.53 Å². The fourth-order valence-electron chi connectivity index (χ4n) is 1.52. The van der Waals surface area contributed by atoms with E-state index in [-0.39, 0.29) is 11.8 Å². The number of hydrogen-bond acceptors (Lipinski definition) is 3. The van der Waals surface area contributed by atoms with Crippen molar-refractivity contribution in [1.29, 1.82) is 0 Å². The Hall–Kier alpha value is -0.880. The number of carbonyl (C=O) groups is 2. The lowest BCUT2D eigenvalue weighted by Crippen LogP contribution is -2.45. The van der Waals surface area contributed by atoms with E-state index in [4.69, 9.17) is 0 Å². The SMILES string of the molecule is COC(=O)[C@@H](NC(=O)c1cc(Br)ccc1Br)C(C)C. The number of amides is 1. The maximum Gasteiger partial charge on any atom is 0.328 e. The number of benzene rings is 1. The van der Waals surface area contributed by atoms with Gasteiger partial charge in [-0.3, -0.25) is 4.79 Å². The first-order chi connectivity index (χ1) is 8.86. The van der Waals surface area contributed by atoms with E-state index in [0.29, 0.717) is 10.0 Å². The van der Waals surface area contributed by atoms with Crippen LogP contribution in [0.15, 0.2) is 27.1 Å². The molecule has 1 aromatic carbocycles. The molecular weight excluding hydrogens is 378 g/mol. The molecule has 0 aliphatic carbocycles. The summed E-state index contributed by atoms with van der Waals surface area (Å²) < 4.78 is 6.15. The highest BCUT2D eigenvalue weighted by atomic mass is 79.9. The summed E-state index contributed by atoms with van der Waals surface area (Å²) in [6.07, 6.45) is 0. The number of carbonyl (C=O) groups excluding carboxylic acids is 2. The lowest BCUT2D eigenvalue weighted by atomic mass is 10.0. The summed E-state index contributed by atoms with van der Waals surface area (Å²) in [5.74, 6) is -0.825. The molecule has 1 amide bonds. The molecule has 0 bridgehead atoms. The third kappa shape index (κ3) is 4.31. The smallest absolute Gasteiger partial charge is 0.328 e. The van der Waals surface area contributed by atoms with Crippen LogP contribution < -0.4 is 5.32 Å². The highest BCUT2D eigenvalue weighted by molar-refractivity contribution is 9.11. The van der Waals surface area contributed by atoms with Crippen LogP contribution in [0.3, 0.4) is 0 Å². The Balaban J connectivity index is 2.94. The zero-order valence-corrected chi connectivity index (χ0v) is 14.0. The minimum atomic E-state index is -0.664. The van der Waals surface area contributed by atoms with Gasteiger partial charge in [-0.05, 0) is 40.0 Å². The van der Waals surface area contributed by atoms with Gasteiger partial charge >= 0.3 is 5.97 Å². The van der Waals surface area contributed by atoms with Crippen LogP contribution in [-0.4, -0.2) is 25.0 Å². The van der Waals surface area contributed by atoms with Gasteiger partial charge in [0.25, 0.3) is 5.91 Å². The van der Waals surface area contributed by atoms with Gasteiger partial charge in [0, 0.05) is 8.95 Å². The zero-order chi connectivity index (χ0) is 14.6. The molecule has 1 rings (SSSR count). The maximum atomic E-state index is 12.2. The summed E-state index contributed by atoms with van der Waals surface area (Å²) in [6.45, 7) is 3.69. The van der Waals surface area contributed by atoms with Gasteiger partial charge in [0.15, 0.2) is 0 Å². The normalized spacial score (nSPS) is 12.1. The molecule has 0 radical (unpaired) electrons. The van der Waals surface area contributed by atoms with Crippen molar-refractivity contribution >= 4 is 43.7 Å². The zero-order valence-electron chi connectivity index (χ0n) is 10.9. The Morgan fingerprint density at radius 1 is 1.26 bits per heavy atom. The van der Waals surface area contributed by atoms with Crippen LogP contribution in [0.5, 0.6) is 0 Å². The minimum Gasteiger partial charge on any atom is -0.467 e. The van der Waals surface area contributed by atoms with Gasteiger partial charge < -0.3 is 10.1 Å². The summed E-state index contributed by atoms with van der Waals surface area (Å²) >= 11 is 6.62. The number of hydrogen-bond donors (Lipinski definition) is 1. The fourth-order valence-corrected chi connectivity index (χ4v) is 2.30. The predicted octanol–water partition coefficient (Wildman–Crippen LogP) is 3.14. The number of nitrogens with one attached hydrogen (secondary N) is 1. The molecular formula is C13H15Br2NO3. The molecule has 0 aliphatic heterocycles. The van der Waals surface area contributed by atoms with Gasteiger partial charge in [-0.15, -0.1) is 0 Å². The first-order valence-electron chi connectivity index (χ1n) is 5.70. The van der Waals surface area contributed by atoms with Crippen molar-refractivity contribution in [2.24, 2.45) is 5.92 Å². The van der Waals surface area contributed by atoms with Crippen LogP contribution in [0.1, 0.15) is 24.2 Å². The van der Waals surface area contributed by atoms with Crippen LogP contribution in [0.25, 0.3) is 0 Å². The Bertz CT molecular complexity index is 489. The molecule has 0 unspecified atom stereocenters. The number of rotatable bonds is 4. The molecule has 0 spiro atoms. The third-order valence-electron chi connectivity index (χ3n) is 2.58. The van der Waals surface area contributed by atoms with E-state index in [2.05, 4.69) is 41.9 Å². The minimum absolute atomic E-state index is 0.0534. The molecule has 0 aliphatic rings. The number of esters is 1. The largest absolute Gasteiger partial charge is 0.467 e. The van der Waals surface area contributed by atoms with E-state index < -0.39 is 12.0 Å². The lowest BCUT2D eigenvalue weighted by Gasteiger charge is -2.20. The Labute approximate surface area is 129 Å². The molecule has 0 fully saturated rings. The topological polar surface area (TPSA) is 55.4 Å². The molecule has 1 atom stereocenters. The monoisotopic (exact) mass is 391 g/mol. The molecule has 19 heavy (non-hydrogen) atoms. The van der Waals surface area contributed by atoms with Gasteiger partial charge in [0.1, 0.15) is 6.04 Å². The predicted molar refractivity (Wildman–Crippen MR) is 80.0 cm³/mol. The van der Waals surface area contributed by atoms with Crippen molar-refractivity contribution in [3.8, 4) is 0 Å². The summed E-state index contributed by atoms with van der Waals surface area (Å²) in [5.41, 5.74) is 0.462. The number of halogens is 2. The van der Waals surface area contributed by atoms with E-state index in [1.54, 1.807) is 12.1 Å². The molecule has 0 aromatic heterocycles. The Morgan fingerprint density at radius 2 is 1.89 bits per heavy atom. The van der Waals surface area contributed by atoms with Crippen LogP contribution >= 0.6 is 31.9 Å². The second kappa shape index (κ2) is 7.05. The summed E-state index contributed by atoms with van der Waals surface area (Å²) in [6, 6.07) is 4.61. The average molecular weight is 393 g/mol. The second-order valence-electron chi connectivity index (χ2n) is 4.34. The molecule has 4 nitrogen and oxygen atoms in total. The van der Waals surface area contributed by atoms with E-state index in [0.717, 1.165) is 4.47 Å². The lowest BCUT2D eigenvalue weighted by molar-refractivity contribution is -0.144. The van der Waals surface area contributed by atoms with Crippen molar-refractivity contribution in [1.82, 2.24) is 5.32 Å². The van der Waals surface area contributed by atoms with Crippen molar-refractivity contribution in [2.75, 3.05) is 7.11 Å². The maximum absolute atomic E-state index is 12.2. The fraction of sp³-hybridized carbons (Fsp3) is 0.385. The van der Waals surface area contributed by atoms with Gasteiger partial charge in [-0.25, -0.2) is 4.79 Å². The highest BCUT2D eigenvalue weighted by Crippen LogP contribution is 2.21. The number of ether oxygens (including phenoxy) is 1. The van der Waals surface area contributed by atoms with Crippen molar-refractivity contribution in [3.05, 3.63) is 32.7 Å². The van der Waals surface area contributed by atoms with E-state index in [1.807, 2.05) is 19.9 Å². The molecule has 1 aromatic rings. The van der Waals surface area contributed by atoms with Crippen molar-refractivity contribution in [3.63, 3.8) is 0 Å². The van der Waals surface area contributed by atoms with Crippen LogP contribution in [0, 0.1) is 5.92 Å². The molecule has 104 valence electrons. The average Bonchev–Trinajstić information content (AvgIpc) is 2.37. The van der Waals surface area contributed by atoms with Crippen molar-refractivity contribution < 1.29 is 14.3 Å². The van der Waals surface area contributed by atoms with Gasteiger partial charge in [0.2, 0.25) is 0 Å². The Morgan fingerprint density at radius 3 is 2.42 bits per heavy atom. The molecule has 0 heterocycles. The molecule has 1 N–H and O–H groups in total. The summed E-state index contributed by atoms with van der Waals surface area (Å²) in [4.78, 5) is 23.8. The van der Waals surface area contributed by atoms with E-state index >= 15 is 0 Å². The van der Waals surface area contributed by atoms with Gasteiger partial charge in [0.05, 0.1) is 12.7 Å².